The molecule has 112 valence electrons. The molecule has 0 aliphatic heterocycles. The van der Waals surface area contributed by atoms with Crippen LogP contribution in [0.1, 0.15) is 18.1 Å². The molecule has 3 heteroatoms. The molecule has 2 aromatic carbocycles. The SMILES string of the molecule is C[SiH](O[Si](C)(C)C)C(C)(c1ccccc1)c1ccccc1. The summed E-state index contributed by atoms with van der Waals surface area (Å²) in [5.41, 5.74) is 2.74. The van der Waals surface area contributed by atoms with Crippen LogP contribution in [-0.4, -0.2) is 17.4 Å². The van der Waals surface area contributed by atoms with Gasteiger partial charge in [0.15, 0.2) is 17.4 Å². The Balaban J connectivity index is 2.50. The minimum Gasteiger partial charge on any atom is -0.457 e. The maximum atomic E-state index is 6.59. The van der Waals surface area contributed by atoms with Gasteiger partial charge in [0, 0.05) is 5.04 Å². The van der Waals surface area contributed by atoms with Crippen LogP contribution >= 0.6 is 0 Å². The van der Waals surface area contributed by atoms with Crippen molar-refractivity contribution in [3.05, 3.63) is 71.8 Å². The standard InChI is InChI=1S/C18H26OSi2/c1-18(16-12-8-6-9-13-16,17-14-10-7-11-15-17)20(2)19-21(3,4)5/h6-15,20H,1-5H3. The third-order valence-corrected chi connectivity index (χ3v) is 10.6. The van der Waals surface area contributed by atoms with Gasteiger partial charge < -0.3 is 4.12 Å². The Labute approximate surface area is 131 Å². The van der Waals surface area contributed by atoms with Gasteiger partial charge in [-0.2, -0.15) is 0 Å². The zero-order valence-corrected chi connectivity index (χ0v) is 15.9. The molecule has 0 amide bonds. The number of rotatable bonds is 5. The van der Waals surface area contributed by atoms with E-state index in [0.29, 0.717) is 0 Å². The fourth-order valence-electron chi connectivity index (χ4n) is 2.85. The summed E-state index contributed by atoms with van der Waals surface area (Å²) in [5, 5.41) is 0.00278. The molecule has 0 aromatic heterocycles. The molecule has 0 aliphatic carbocycles. The van der Waals surface area contributed by atoms with Crippen molar-refractivity contribution in [1.29, 1.82) is 0 Å². The maximum absolute atomic E-state index is 6.59. The second kappa shape index (κ2) is 6.30. The quantitative estimate of drug-likeness (QED) is 0.725. The van der Waals surface area contributed by atoms with Crippen LogP contribution in [-0.2, 0) is 9.15 Å². The molecule has 0 spiro atoms. The average molecular weight is 315 g/mol. The van der Waals surface area contributed by atoms with Crippen molar-refractivity contribution in [3.63, 3.8) is 0 Å². The van der Waals surface area contributed by atoms with E-state index >= 15 is 0 Å². The largest absolute Gasteiger partial charge is 0.457 e. The van der Waals surface area contributed by atoms with E-state index in [1.54, 1.807) is 0 Å². The predicted octanol–water partition coefficient (Wildman–Crippen LogP) is 4.74. The molecular formula is C18H26OSi2. The lowest BCUT2D eigenvalue weighted by molar-refractivity contribution is 0.530. The van der Waals surface area contributed by atoms with Crippen molar-refractivity contribution < 1.29 is 4.12 Å². The third kappa shape index (κ3) is 3.73. The van der Waals surface area contributed by atoms with Gasteiger partial charge in [-0.05, 0) is 37.3 Å². The first-order valence-corrected chi connectivity index (χ1v) is 13.2. The van der Waals surface area contributed by atoms with Crippen LogP contribution in [0, 0.1) is 0 Å². The Morgan fingerprint density at radius 1 is 0.810 bits per heavy atom. The Kier molecular flexibility index (Phi) is 4.86. The van der Waals surface area contributed by atoms with Crippen molar-refractivity contribution in [2.24, 2.45) is 0 Å². The second-order valence-electron chi connectivity index (χ2n) is 6.81. The van der Waals surface area contributed by atoms with E-state index in [2.05, 4.69) is 93.8 Å². The first kappa shape index (κ1) is 16.2. The first-order valence-electron chi connectivity index (χ1n) is 7.63. The summed E-state index contributed by atoms with van der Waals surface area (Å²) in [5.74, 6) is 0. The smallest absolute Gasteiger partial charge is 0.174 e. The molecule has 0 N–H and O–H groups in total. The van der Waals surface area contributed by atoms with Crippen LogP contribution in [0.4, 0.5) is 0 Å². The van der Waals surface area contributed by atoms with Crippen LogP contribution < -0.4 is 0 Å². The first-order chi connectivity index (χ1) is 9.84. The van der Waals surface area contributed by atoms with E-state index in [-0.39, 0.29) is 5.04 Å². The molecular weight excluding hydrogens is 288 g/mol. The predicted molar refractivity (Wildman–Crippen MR) is 96.8 cm³/mol. The lowest BCUT2D eigenvalue weighted by Crippen LogP contribution is -2.47. The average Bonchev–Trinajstić information content (AvgIpc) is 2.46. The minimum absolute atomic E-state index is 0.00278. The molecule has 0 aliphatic rings. The van der Waals surface area contributed by atoms with Crippen LogP contribution in [0.2, 0.25) is 26.2 Å². The molecule has 0 radical (unpaired) electrons. The highest BCUT2D eigenvalue weighted by atomic mass is 28.4. The van der Waals surface area contributed by atoms with E-state index in [4.69, 9.17) is 4.12 Å². The maximum Gasteiger partial charge on any atom is 0.174 e. The molecule has 0 saturated heterocycles. The molecule has 0 fully saturated rings. The highest BCUT2D eigenvalue weighted by Gasteiger charge is 2.39. The third-order valence-electron chi connectivity index (χ3n) is 4.09. The molecule has 1 nitrogen and oxygen atoms in total. The minimum atomic E-state index is -1.53. The zero-order valence-electron chi connectivity index (χ0n) is 13.8. The van der Waals surface area contributed by atoms with Gasteiger partial charge in [0.05, 0.1) is 0 Å². The summed E-state index contributed by atoms with van der Waals surface area (Å²) in [4.78, 5) is 0. The molecule has 21 heavy (non-hydrogen) atoms. The summed E-state index contributed by atoms with van der Waals surface area (Å²) in [7, 11) is -2.98. The van der Waals surface area contributed by atoms with Crippen LogP contribution in [0.15, 0.2) is 60.7 Å². The molecule has 0 saturated carbocycles. The highest BCUT2D eigenvalue weighted by molar-refractivity contribution is 6.78. The van der Waals surface area contributed by atoms with Gasteiger partial charge in [-0.1, -0.05) is 67.6 Å². The number of hydrogen-bond acceptors (Lipinski definition) is 1. The van der Waals surface area contributed by atoms with Gasteiger partial charge >= 0.3 is 0 Å². The molecule has 0 bridgehead atoms. The van der Waals surface area contributed by atoms with Gasteiger partial charge in [0.2, 0.25) is 0 Å². The molecule has 0 heterocycles. The summed E-state index contributed by atoms with van der Waals surface area (Å²) in [6, 6.07) is 21.7. The Bertz CT molecular complexity index is 521. The van der Waals surface area contributed by atoms with Gasteiger partial charge in [-0.15, -0.1) is 0 Å². The van der Waals surface area contributed by atoms with E-state index < -0.39 is 17.4 Å². The second-order valence-corrected chi connectivity index (χ2v) is 14.4. The van der Waals surface area contributed by atoms with E-state index in [1.165, 1.54) is 11.1 Å². The zero-order chi connectivity index (χ0) is 15.5. The molecule has 1 unspecified atom stereocenters. The van der Waals surface area contributed by atoms with E-state index in [0.717, 1.165) is 0 Å². The van der Waals surface area contributed by atoms with Gasteiger partial charge in [0.25, 0.3) is 0 Å². The highest BCUT2D eigenvalue weighted by Crippen LogP contribution is 2.35. The van der Waals surface area contributed by atoms with Gasteiger partial charge in [-0.3, -0.25) is 0 Å². The van der Waals surface area contributed by atoms with Crippen molar-refractivity contribution >= 4 is 17.4 Å². The number of benzene rings is 2. The van der Waals surface area contributed by atoms with Crippen molar-refractivity contribution in [2.75, 3.05) is 0 Å². The topological polar surface area (TPSA) is 9.23 Å². The normalized spacial score (nSPS) is 14.0. The lowest BCUT2D eigenvalue weighted by atomic mass is 9.92. The molecule has 2 aromatic rings. The lowest BCUT2D eigenvalue weighted by Gasteiger charge is -2.39. The fourth-order valence-corrected chi connectivity index (χ4v) is 9.36. The van der Waals surface area contributed by atoms with E-state index in [9.17, 15) is 0 Å². The number of hydrogen-bond donors (Lipinski definition) is 0. The molecule has 1 atom stereocenters. The Morgan fingerprint density at radius 3 is 1.52 bits per heavy atom. The fraction of sp³-hybridized carbons (Fsp3) is 0.333. The Hall–Kier alpha value is -1.17. The van der Waals surface area contributed by atoms with E-state index in [1.807, 2.05) is 0 Å². The monoisotopic (exact) mass is 314 g/mol. The summed E-state index contributed by atoms with van der Waals surface area (Å²) in [6.07, 6.45) is 0. The van der Waals surface area contributed by atoms with Crippen LogP contribution in [0.3, 0.4) is 0 Å². The van der Waals surface area contributed by atoms with Crippen molar-refractivity contribution in [2.45, 2.75) is 38.2 Å². The van der Waals surface area contributed by atoms with Gasteiger partial charge in [0.1, 0.15) is 0 Å². The van der Waals surface area contributed by atoms with Crippen molar-refractivity contribution in [1.82, 2.24) is 0 Å². The Morgan fingerprint density at radius 2 is 1.19 bits per heavy atom. The molecule has 2 rings (SSSR count). The van der Waals surface area contributed by atoms with Crippen LogP contribution in [0.5, 0.6) is 0 Å². The summed E-state index contributed by atoms with van der Waals surface area (Å²) < 4.78 is 6.59. The summed E-state index contributed by atoms with van der Waals surface area (Å²) >= 11 is 0. The van der Waals surface area contributed by atoms with Gasteiger partial charge in [-0.25, -0.2) is 0 Å². The van der Waals surface area contributed by atoms with Crippen LogP contribution in [0.25, 0.3) is 0 Å². The summed E-state index contributed by atoms with van der Waals surface area (Å²) in [6.45, 7) is 11.6. The van der Waals surface area contributed by atoms with Crippen molar-refractivity contribution in [3.8, 4) is 0 Å².